The Labute approximate surface area is 125 Å². The molecule has 3 heteroatoms. The highest BCUT2D eigenvalue weighted by atomic mass is 32.1. The monoisotopic (exact) mass is 289 g/mol. The Hall–Kier alpha value is -1.32. The Balaban J connectivity index is 2.30. The van der Waals surface area contributed by atoms with Crippen LogP contribution in [-0.2, 0) is 0 Å². The third kappa shape index (κ3) is 3.41. The predicted molar refractivity (Wildman–Crippen MR) is 86.9 cm³/mol. The van der Waals surface area contributed by atoms with Crippen LogP contribution in [0.2, 0.25) is 0 Å². The van der Waals surface area contributed by atoms with Crippen molar-refractivity contribution in [2.24, 2.45) is 0 Å². The maximum atomic E-state index is 5.52. The van der Waals surface area contributed by atoms with Crippen molar-refractivity contribution in [3.05, 3.63) is 51.2 Å². The molecule has 0 aliphatic carbocycles. The molecule has 20 heavy (non-hydrogen) atoms. The van der Waals surface area contributed by atoms with E-state index in [0.29, 0.717) is 6.61 Å². The fraction of sp³-hybridized carbons (Fsp3) is 0.412. The van der Waals surface area contributed by atoms with Gasteiger partial charge < -0.3 is 10.1 Å². The molecule has 1 aromatic carbocycles. The second kappa shape index (κ2) is 6.91. The van der Waals surface area contributed by atoms with Gasteiger partial charge in [-0.3, -0.25) is 0 Å². The second-order valence-electron chi connectivity index (χ2n) is 4.86. The van der Waals surface area contributed by atoms with E-state index < -0.39 is 0 Å². The predicted octanol–water partition coefficient (Wildman–Crippen LogP) is 4.46. The molecule has 0 saturated carbocycles. The smallest absolute Gasteiger partial charge is 0.119 e. The van der Waals surface area contributed by atoms with Crippen molar-refractivity contribution < 1.29 is 4.74 Å². The summed E-state index contributed by atoms with van der Waals surface area (Å²) in [6.07, 6.45) is 0. The zero-order valence-electron chi connectivity index (χ0n) is 12.7. The zero-order valence-corrected chi connectivity index (χ0v) is 13.5. The standard InChI is InChI=1S/C17H23NOS/c1-5-18-17(16-11-12(3)20-13(16)4)14-7-9-15(10-8-14)19-6-2/h7-11,17-18H,5-6H2,1-4H3. The van der Waals surface area contributed by atoms with Gasteiger partial charge in [0.05, 0.1) is 12.6 Å². The Kier molecular flexibility index (Phi) is 5.21. The maximum Gasteiger partial charge on any atom is 0.119 e. The van der Waals surface area contributed by atoms with E-state index in [4.69, 9.17) is 4.74 Å². The van der Waals surface area contributed by atoms with Gasteiger partial charge in [-0.05, 0) is 56.6 Å². The molecular formula is C17H23NOS. The van der Waals surface area contributed by atoms with Crippen molar-refractivity contribution in [2.75, 3.05) is 13.2 Å². The van der Waals surface area contributed by atoms with Crippen molar-refractivity contribution in [3.63, 3.8) is 0 Å². The lowest BCUT2D eigenvalue weighted by atomic mass is 9.99. The first-order chi connectivity index (χ1) is 9.65. The third-order valence-corrected chi connectivity index (χ3v) is 4.30. The fourth-order valence-corrected chi connectivity index (χ4v) is 3.44. The van der Waals surface area contributed by atoms with E-state index in [1.165, 1.54) is 20.9 Å². The number of thiophene rings is 1. The summed E-state index contributed by atoms with van der Waals surface area (Å²) >= 11 is 1.86. The molecule has 0 aliphatic rings. The Morgan fingerprint density at radius 2 is 1.85 bits per heavy atom. The van der Waals surface area contributed by atoms with Crippen LogP contribution in [0.4, 0.5) is 0 Å². The van der Waals surface area contributed by atoms with Crippen LogP contribution in [0.25, 0.3) is 0 Å². The number of aryl methyl sites for hydroxylation is 2. The first-order valence-electron chi connectivity index (χ1n) is 7.18. The van der Waals surface area contributed by atoms with E-state index in [2.05, 4.69) is 56.4 Å². The highest BCUT2D eigenvalue weighted by Crippen LogP contribution is 2.31. The summed E-state index contributed by atoms with van der Waals surface area (Å²) in [6.45, 7) is 10.2. The van der Waals surface area contributed by atoms with Crippen molar-refractivity contribution in [2.45, 2.75) is 33.7 Å². The summed E-state index contributed by atoms with van der Waals surface area (Å²) in [5.41, 5.74) is 2.68. The van der Waals surface area contributed by atoms with Gasteiger partial charge in [0.1, 0.15) is 5.75 Å². The van der Waals surface area contributed by atoms with Crippen molar-refractivity contribution in [1.29, 1.82) is 0 Å². The number of rotatable bonds is 6. The molecule has 1 unspecified atom stereocenters. The van der Waals surface area contributed by atoms with Crippen molar-refractivity contribution in [3.8, 4) is 5.75 Å². The molecule has 0 fully saturated rings. The number of hydrogen-bond acceptors (Lipinski definition) is 3. The Morgan fingerprint density at radius 3 is 2.35 bits per heavy atom. The van der Waals surface area contributed by atoms with Gasteiger partial charge >= 0.3 is 0 Å². The highest BCUT2D eigenvalue weighted by molar-refractivity contribution is 7.12. The number of nitrogens with one attached hydrogen (secondary N) is 1. The van der Waals surface area contributed by atoms with E-state index in [-0.39, 0.29) is 6.04 Å². The van der Waals surface area contributed by atoms with Gasteiger partial charge in [-0.25, -0.2) is 0 Å². The fourth-order valence-electron chi connectivity index (χ4n) is 2.47. The lowest BCUT2D eigenvalue weighted by molar-refractivity contribution is 0.340. The van der Waals surface area contributed by atoms with Crippen LogP contribution in [-0.4, -0.2) is 13.2 Å². The summed E-state index contributed by atoms with van der Waals surface area (Å²) in [4.78, 5) is 2.76. The van der Waals surface area contributed by atoms with Crippen LogP contribution < -0.4 is 10.1 Å². The molecule has 1 N–H and O–H groups in total. The minimum atomic E-state index is 0.264. The van der Waals surface area contributed by atoms with Gasteiger partial charge in [0.25, 0.3) is 0 Å². The molecular weight excluding hydrogens is 266 g/mol. The quantitative estimate of drug-likeness (QED) is 0.847. The average Bonchev–Trinajstić information content (AvgIpc) is 2.76. The van der Waals surface area contributed by atoms with Crippen LogP contribution >= 0.6 is 11.3 Å². The van der Waals surface area contributed by atoms with Gasteiger partial charge in [0.2, 0.25) is 0 Å². The van der Waals surface area contributed by atoms with Gasteiger partial charge in [-0.2, -0.15) is 0 Å². The van der Waals surface area contributed by atoms with Gasteiger partial charge in [0.15, 0.2) is 0 Å². The number of ether oxygens (including phenoxy) is 1. The minimum Gasteiger partial charge on any atom is -0.494 e. The number of hydrogen-bond donors (Lipinski definition) is 1. The van der Waals surface area contributed by atoms with Crippen LogP contribution in [0.3, 0.4) is 0 Å². The summed E-state index contributed by atoms with van der Waals surface area (Å²) in [5, 5.41) is 3.59. The molecule has 0 radical (unpaired) electrons. The molecule has 0 amide bonds. The molecule has 0 bridgehead atoms. The molecule has 1 aromatic heterocycles. The Bertz CT molecular complexity index is 545. The van der Waals surface area contributed by atoms with Crippen LogP contribution in [0, 0.1) is 13.8 Å². The topological polar surface area (TPSA) is 21.3 Å². The molecule has 1 heterocycles. The lowest BCUT2D eigenvalue weighted by Crippen LogP contribution is -2.22. The average molecular weight is 289 g/mol. The lowest BCUT2D eigenvalue weighted by Gasteiger charge is -2.19. The van der Waals surface area contributed by atoms with Crippen LogP contribution in [0.5, 0.6) is 5.75 Å². The largest absolute Gasteiger partial charge is 0.494 e. The van der Waals surface area contributed by atoms with Crippen molar-refractivity contribution in [1.82, 2.24) is 5.32 Å². The Morgan fingerprint density at radius 1 is 1.15 bits per heavy atom. The summed E-state index contributed by atoms with van der Waals surface area (Å²) in [7, 11) is 0. The second-order valence-corrected chi connectivity index (χ2v) is 6.32. The molecule has 0 saturated heterocycles. The van der Waals surface area contributed by atoms with Gasteiger partial charge in [0, 0.05) is 9.75 Å². The maximum absolute atomic E-state index is 5.52. The first-order valence-corrected chi connectivity index (χ1v) is 8.00. The SMILES string of the molecule is CCNC(c1ccc(OCC)cc1)c1cc(C)sc1C. The third-order valence-electron chi connectivity index (χ3n) is 3.32. The molecule has 108 valence electrons. The van der Waals surface area contributed by atoms with Gasteiger partial charge in [-0.1, -0.05) is 19.1 Å². The molecule has 2 rings (SSSR count). The summed E-state index contributed by atoms with van der Waals surface area (Å²) in [5.74, 6) is 0.935. The van der Waals surface area contributed by atoms with Crippen LogP contribution in [0.1, 0.15) is 40.8 Å². The van der Waals surface area contributed by atoms with E-state index >= 15 is 0 Å². The zero-order chi connectivity index (χ0) is 14.5. The van der Waals surface area contributed by atoms with Gasteiger partial charge in [-0.15, -0.1) is 11.3 Å². The molecule has 1 atom stereocenters. The molecule has 2 aromatic rings. The molecule has 2 nitrogen and oxygen atoms in total. The normalized spacial score (nSPS) is 12.4. The van der Waals surface area contributed by atoms with E-state index in [0.717, 1.165) is 12.3 Å². The van der Waals surface area contributed by atoms with Crippen molar-refractivity contribution >= 4 is 11.3 Å². The first kappa shape index (κ1) is 15.1. The van der Waals surface area contributed by atoms with E-state index in [9.17, 15) is 0 Å². The van der Waals surface area contributed by atoms with E-state index in [1.54, 1.807) is 0 Å². The van der Waals surface area contributed by atoms with E-state index in [1.807, 2.05) is 18.3 Å². The van der Waals surface area contributed by atoms with Crippen LogP contribution in [0.15, 0.2) is 30.3 Å². The molecule has 0 spiro atoms. The number of benzene rings is 1. The highest BCUT2D eigenvalue weighted by Gasteiger charge is 2.17. The molecule has 0 aliphatic heterocycles. The summed E-state index contributed by atoms with van der Waals surface area (Å²) in [6, 6.07) is 11.0. The summed E-state index contributed by atoms with van der Waals surface area (Å²) < 4.78 is 5.52. The minimum absolute atomic E-state index is 0.264.